The van der Waals surface area contributed by atoms with E-state index in [0.29, 0.717) is 10.4 Å². The zero-order valence-corrected chi connectivity index (χ0v) is 12.4. The average Bonchev–Trinajstić information content (AvgIpc) is 2.46. The van der Waals surface area contributed by atoms with E-state index in [-0.39, 0.29) is 11.9 Å². The van der Waals surface area contributed by atoms with Crippen LogP contribution in [0, 0.1) is 12.7 Å². The van der Waals surface area contributed by atoms with E-state index < -0.39 is 0 Å². The van der Waals surface area contributed by atoms with Gasteiger partial charge in [0, 0.05) is 10.4 Å². The molecule has 0 aliphatic carbocycles. The monoisotopic (exact) mass is 299 g/mol. The molecule has 1 atom stereocenters. The third kappa shape index (κ3) is 2.65. The van der Waals surface area contributed by atoms with Gasteiger partial charge in [0.05, 0.1) is 6.04 Å². The number of benzene rings is 3. The Hall–Kier alpha value is -1.90. The summed E-state index contributed by atoms with van der Waals surface area (Å²) in [5.41, 5.74) is 9.27. The molecule has 0 amide bonds. The molecule has 0 aliphatic rings. The molecular weight excluding hydrogens is 285 g/mol. The van der Waals surface area contributed by atoms with Crippen LogP contribution in [-0.2, 0) is 0 Å². The van der Waals surface area contributed by atoms with Crippen molar-refractivity contribution >= 4 is 22.4 Å². The Balaban J connectivity index is 2.18. The summed E-state index contributed by atoms with van der Waals surface area (Å²) in [7, 11) is 0. The van der Waals surface area contributed by atoms with Gasteiger partial charge >= 0.3 is 0 Å². The van der Waals surface area contributed by atoms with Crippen molar-refractivity contribution in [2.75, 3.05) is 0 Å². The molecule has 0 aliphatic heterocycles. The molecule has 0 saturated carbocycles. The van der Waals surface area contributed by atoms with Crippen LogP contribution in [0.25, 0.3) is 10.8 Å². The number of aryl methyl sites for hydroxylation is 1. The smallest absolute Gasteiger partial charge is 0.131 e. The number of halogens is 2. The van der Waals surface area contributed by atoms with Crippen LogP contribution in [0.4, 0.5) is 4.39 Å². The number of hydrogen-bond acceptors (Lipinski definition) is 1. The topological polar surface area (TPSA) is 26.0 Å². The van der Waals surface area contributed by atoms with Crippen LogP contribution in [-0.4, -0.2) is 0 Å². The van der Waals surface area contributed by atoms with Crippen molar-refractivity contribution in [2.24, 2.45) is 5.73 Å². The van der Waals surface area contributed by atoms with E-state index in [1.807, 2.05) is 43.3 Å². The van der Waals surface area contributed by atoms with Crippen LogP contribution < -0.4 is 5.73 Å². The first-order valence-electron chi connectivity index (χ1n) is 6.76. The molecule has 1 nitrogen and oxygen atoms in total. The van der Waals surface area contributed by atoms with E-state index in [2.05, 4.69) is 0 Å². The minimum absolute atomic E-state index is 0.233. The van der Waals surface area contributed by atoms with Crippen molar-refractivity contribution in [1.29, 1.82) is 0 Å². The molecular formula is C18H15ClFN. The molecule has 21 heavy (non-hydrogen) atoms. The molecule has 3 rings (SSSR count). The first-order chi connectivity index (χ1) is 10.1. The van der Waals surface area contributed by atoms with Crippen LogP contribution in [0.3, 0.4) is 0 Å². The van der Waals surface area contributed by atoms with Crippen molar-refractivity contribution in [3.63, 3.8) is 0 Å². The predicted molar refractivity (Wildman–Crippen MR) is 86.1 cm³/mol. The molecule has 0 spiro atoms. The lowest BCUT2D eigenvalue weighted by Gasteiger charge is -2.16. The lowest BCUT2D eigenvalue weighted by molar-refractivity contribution is 0.639. The Bertz CT molecular complexity index is 793. The summed E-state index contributed by atoms with van der Waals surface area (Å²) >= 11 is 6.11. The van der Waals surface area contributed by atoms with Gasteiger partial charge in [-0.25, -0.2) is 4.39 Å². The summed E-state index contributed by atoms with van der Waals surface area (Å²) < 4.78 is 13.9. The highest BCUT2D eigenvalue weighted by atomic mass is 35.5. The molecule has 3 heteroatoms. The van der Waals surface area contributed by atoms with Crippen LogP contribution in [0.15, 0.2) is 54.6 Å². The van der Waals surface area contributed by atoms with Crippen molar-refractivity contribution in [3.8, 4) is 0 Å². The minimum atomic E-state index is -0.340. The Morgan fingerprint density at radius 1 is 1.00 bits per heavy atom. The van der Waals surface area contributed by atoms with Crippen molar-refractivity contribution in [2.45, 2.75) is 13.0 Å². The molecule has 0 saturated heterocycles. The Labute approximate surface area is 128 Å². The number of fused-ring (bicyclic) bond motifs is 1. The maximum absolute atomic E-state index is 13.9. The van der Waals surface area contributed by atoms with Gasteiger partial charge < -0.3 is 5.73 Å². The Morgan fingerprint density at radius 2 is 1.71 bits per heavy atom. The third-order valence-electron chi connectivity index (χ3n) is 3.66. The second-order valence-electron chi connectivity index (χ2n) is 5.22. The molecule has 3 aromatic rings. The maximum atomic E-state index is 13.9. The van der Waals surface area contributed by atoms with Gasteiger partial charge in [-0.15, -0.1) is 0 Å². The van der Waals surface area contributed by atoms with E-state index in [9.17, 15) is 4.39 Å². The average molecular weight is 300 g/mol. The van der Waals surface area contributed by atoms with Crippen LogP contribution >= 0.6 is 11.6 Å². The molecule has 0 heterocycles. The lowest BCUT2D eigenvalue weighted by atomic mass is 9.93. The standard InChI is InChI=1S/C18H15ClFN/c1-11-8-12(10-13(19)9-11)18(21)16-6-7-17(20)15-5-3-2-4-14(15)16/h2-10,18H,21H2,1H3. The van der Waals surface area contributed by atoms with E-state index >= 15 is 0 Å². The molecule has 106 valence electrons. The van der Waals surface area contributed by atoms with E-state index in [4.69, 9.17) is 17.3 Å². The van der Waals surface area contributed by atoms with Crippen LogP contribution in [0.1, 0.15) is 22.7 Å². The van der Waals surface area contributed by atoms with Gasteiger partial charge in [-0.2, -0.15) is 0 Å². The van der Waals surface area contributed by atoms with E-state index in [0.717, 1.165) is 22.1 Å². The normalized spacial score (nSPS) is 12.6. The lowest BCUT2D eigenvalue weighted by Crippen LogP contribution is -2.12. The Kier molecular flexibility index (Phi) is 3.66. The highest BCUT2D eigenvalue weighted by Crippen LogP contribution is 2.30. The first kappa shape index (κ1) is 14.1. The molecule has 0 fully saturated rings. The zero-order valence-electron chi connectivity index (χ0n) is 11.6. The fourth-order valence-corrected chi connectivity index (χ4v) is 2.98. The van der Waals surface area contributed by atoms with E-state index in [1.54, 1.807) is 12.1 Å². The van der Waals surface area contributed by atoms with Gasteiger partial charge in [0.15, 0.2) is 0 Å². The SMILES string of the molecule is Cc1cc(Cl)cc(C(N)c2ccc(F)c3ccccc23)c1. The van der Waals surface area contributed by atoms with Gasteiger partial charge in [0.2, 0.25) is 0 Å². The van der Waals surface area contributed by atoms with Gasteiger partial charge in [0.25, 0.3) is 0 Å². The molecule has 2 N–H and O–H groups in total. The fourth-order valence-electron chi connectivity index (χ4n) is 2.68. The van der Waals surface area contributed by atoms with Gasteiger partial charge in [0.1, 0.15) is 5.82 Å². The summed E-state index contributed by atoms with van der Waals surface area (Å²) in [6.45, 7) is 1.98. The first-order valence-corrected chi connectivity index (χ1v) is 7.14. The van der Waals surface area contributed by atoms with Gasteiger partial charge in [-0.1, -0.05) is 48.0 Å². The fraction of sp³-hybridized carbons (Fsp3) is 0.111. The van der Waals surface area contributed by atoms with Gasteiger partial charge in [-0.3, -0.25) is 0 Å². The molecule has 0 aromatic heterocycles. The number of nitrogens with two attached hydrogens (primary N) is 1. The van der Waals surface area contributed by atoms with Gasteiger partial charge in [-0.05, 0) is 47.2 Å². The molecule has 3 aromatic carbocycles. The summed E-state index contributed by atoms with van der Waals surface area (Å²) in [6.07, 6.45) is 0. The zero-order chi connectivity index (χ0) is 15.0. The third-order valence-corrected chi connectivity index (χ3v) is 3.88. The number of hydrogen-bond donors (Lipinski definition) is 1. The second-order valence-corrected chi connectivity index (χ2v) is 5.66. The highest BCUT2D eigenvalue weighted by Gasteiger charge is 2.14. The van der Waals surface area contributed by atoms with Crippen molar-refractivity contribution < 1.29 is 4.39 Å². The number of rotatable bonds is 2. The summed E-state index contributed by atoms with van der Waals surface area (Å²) in [6, 6.07) is 16.0. The maximum Gasteiger partial charge on any atom is 0.131 e. The van der Waals surface area contributed by atoms with Crippen molar-refractivity contribution in [1.82, 2.24) is 0 Å². The van der Waals surface area contributed by atoms with Crippen LogP contribution in [0.5, 0.6) is 0 Å². The largest absolute Gasteiger partial charge is 0.320 e. The second kappa shape index (κ2) is 5.47. The summed E-state index contributed by atoms with van der Waals surface area (Å²) in [5.74, 6) is -0.233. The quantitative estimate of drug-likeness (QED) is 0.709. The summed E-state index contributed by atoms with van der Waals surface area (Å²) in [4.78, 5) is 0. The molecule has 0 radical (unpaired) electrons. The van der Waals surface area contributed by atoms with E-state index in [1.165, 1.54) is 6.07 Å². The minimum Gasteiger partial charge on any atom is -0.320 e. The van der Waals surface area contributed by atoms with Crippen molar-refractivity contribution in [3.05, 3.63) is 82.1 Å². The highest BCUT2D eigenvalue weighted by molar-refractivity contribution is 6.30. The summed E-state index contributed by atoms with van der Waals surface area (Å²) in [5, 5.41) is 2.08. The van der Waals surface area contributed by atoms with Crippen LogP contribution in [0.2, 0.25) is 5.02 Å². The Morgan fingerprint density at radius 3 is 2.43 bits per heavy atom. The predicted octanol–water partition coefficient (Wildman–Crippen LogP) is 4.99. The molecule has 1 unspecified atom stereocenters. The molecule has 0 bridgehead atoms.